The summed E-state index contributed by atoms with van der Waals surface area (Å²) in [4.78, 5) is 16.3. The fourth-order valence-electron chi connectivity index (χ4n) is 2.38. The van der Waals surface area contributed by atoms with E-state index in [1.54, 1.807) is 11.2 Å². The lowest BCUT2D eigenvalue weighted by Gasteiger charge is -2.23. The Morgan fingerprint density at radius 3 is 2.43 bits per heavy atom. The summed E-state index contributed by atoms with van der Waals surface area (Å²) in [6.07, 6.45) is 2.56. The van der Waals surface area contributed by atoms with Crippen LogP contribution in [0.3, 0.4) is 0 Å². The average molecular weight is 315 g/mol. The number of hydrogen-bond acceptors (Lipinski definition) is 3. The molecule has 5 nitrogen and oxygen atoms in total. The lowest BCUT2D eigenvalue weighted by atomic mass is 10.0. The number of nitrogens with one attached hydrogen (secondary N) is 1. The van der Waals surface area contributed by atoms with Gasteiger partial charge in [-0.1, -0.05) is 30.3 Å². The predicted octanol–water partition coefficient (Wildman–Crippen LogP) is 2.96. The third-order valence-electron chi connectivity index (χ3n) is 3.67. The SMILES string of the molecule is CN(C)CCCN(C)C(=O)NC(c1ccccc1)c1ccco1. The van der Waals surface area contributed by atoms with Crippen molar-refractivity contribution in [1.82, 2.24) is 15.1 Å². The Hall–Kier alpha value is -2.27. The summed E-state index contributed by atoms with van der Waals surface area (Å²) in [7, 11) is 5.88. The quantitative estimate of drug-likeness (QED) is 0.854. The first kappa shape index (κ1) is 17.1. The van der Waals surface area contributed by atoms with Crippen molar-refractivity contribution in [2.45, 2.75) is 12.5 Å². The largest absolute Gasteiger partial charge is 0.467 e. The molecule has 0 radical (unpaired) electrons. The van der Waals surface area contributed by atoms with Gasteiger partial charge in [-0.3, -0.25) is 0 Å². The number of rotatable bonds is 7. The molecule has 1 heterocycles. The predicted molar refractivity (Wildman–Crippen MR) is 91.3 cm³/mol. The molecule has 1 N–H and O–H groups in total. The van der Waals surface area contributed by atoms with Gasteiger partial charge in [-0.05, 0) is 44.8 Å². The Morgan fingerprint density at radius 2 is 1.83 bits per heavy atom. The third-order valence-corrected chi connectivity index (χ3v) is 3.67. The molecule has 23 heavy (non-hydrogen) atoms. The Bertz CT molecular complexity index is 582. The molecule has 2 aromatic rings. The molecular weight excluding hydrogens is 290 g/mol. The van der Waals surface area contributed by atoms with E-state index >= 15 is 0 Å². The molecule has 0 saturated carbocycles. The van der Waals surface area contributed by atoms with Crippen molar-refractivity contribution in [3.8, 4) is 0 Å². The second-order valence-corrected chi connectivity index (χ2v) is 5.89. The van der Waals surface area contributed by atoms with E-state index < -0.39 is 0 Å². The molecule has 0 spiro atoms. The van der Waals surface area contributed by atoms with Gasteiger partial charge in [-0.2, -0.15) is 0 Å². The Kier molecular flexibility index (Phi) is 6.23. The molecule has 5 heteroatoms. The molecule has 0 bridgehead atoms. The molecule has 2 rings (SSSR count). The highest BCUT2D eigenvalue weighted by Crippen LogP contribution is 2.22. The zero-order chi connectivity index (χ0) is 16.7. The second kappa shape index (κ2) is 8.39. The van der Waals surface area contributed by atoms with E-state index in [2.05, 4.69) is 10.2 Å². The highest BCUT2D eigenvalue weighted by Gasteiger charge is 2.20. The van der Waals surface area contributed by atoms with Crippen molar-refractivity contribution in [3.63, 3.8) is 0 Å². The van der Waals surface area contributed by atoms with E-state index in [9.17, 15) is 4.79 Å². The van der Waals surface area contributed by atoms with Crippen molar-refractivity contribution in [3.05, 3.63) is 60.1 Å². The van der Waals surface area contributed by atoms with Crippen molar-refractivity contribution in [1.29, 1.82) is 0 Å². The highest BCUT2D eigenvalue weighted by molar-refractivity contribution is 5.74. The first-order valence-electron chi connectivity index (χ1n) is 7.82. The fraction of sp³-hybridized carbons (Fsp3) is 0.389. The van der Waals surface area contributed by atoms with E-state index in [4.69, 9.17) is 4.42 Å². The van der Waals surface area contributed by atoms with E-state index in [1.165, 1.54) is 0 Å². The number of carbonyl (C=O) groups excluding carboxylic acids is 1. The van der Waals surface area contributed by atoms with Crippen LogP contribution in [0.5, 0.6) is 0 Å². The number of hydrogen-bond donors (Lipinski definition) is 1. The lowest BCUT2D eigenvalue weighted by Crippen LogP contribution is -2.40. The molecule has 1 aromatic carbocycles. The van der Waals surface area contributed by atoms with Gasteiger partial charge in [0.1, 0.15) is 11.8 Å². The van der Waals surface area contributed by atoms with Crippen LogP contribution in [0.2, 0.25) is 0 Å². The molecule has 2 amide bonds. The van der Waals surface area contributed by atoms with Gasteiger partial charge >= 0.3 is 6.03 Å². The Morgan fingerprint density at radius 1 is 1.09 bits per heavy atom. The molecule has 124 valence electrons. The summed E-state index contributed by atoms with van der Waals surface area (Å²) in [5, 5.41) is 3.05. The van der Waals surface area contributed by atoms with Crippen LogP contribution in [0.15, 0.2) is 53.1 Å². The molecule has 0 fully saturated rings. The van der Waals surface area contributed by atoms with Gasteiger partial charge in [0.2, 0.25) is 0 Å². The summed E-state index contributed by atoms with van der Waals surface area (Å²) < 4.78 is 5.50. The van der Waals surface area contributed by atoms with Crippen LogP contribution >= 0.6 is 0 Å². The maximum Gasteiger partial charge on any atom is 0.317 e. The minimum absolute atomic E-state index is 0.103. The van der Waals surface area contributed by atoms with Gasteiger partial charge < -0.3 is 19.5 Å². The van der Waals surface area contributed by atoms with E-state index in [-0.39, 0.29) is 12.1 Å². The number of amides is 2. The van der Waals surface area contributed by atoms with Gasteiger partial charge in [0.15, 0.2) is 0 Å². The zero-order valence-corrected chi connectivity index (χ0v) is 14.0. The summed E-state index contributed by atoms with van der Waals surface area (Å²) in [5.41, 5.74) is 0.998. The van der Waals surface area contributed by atoms with Crippen molar-refractivity contribution in [2.24, 2.45) is 0 Å². The summed E-state index contributed by atoms with van der Waals surface area (Å²) in [6.45, 7) is 1.67. The summed E-state index contributed by atoms with van der Waals surface area (Å²) >= 11 is 0. The normalized spacial score (nSPS) is 12.2. The van der Waals surface area contributed by atoms with Gasteiger partial charge in [0.25, 0.3) is 0 Å². The molecule has 1 aromatic heterocycles. The fourth-order valence-corrected chi connectivity index (χ4v) is 2.38. The zero-order valence-electron chi connectivity index (χ0n) is 14.0. The Labute approximate surface area is 137 Å². The molecule has 0 saturated heterocycles. The molecular formula is C18H25N3O2. The third kappa shape index (κ3) is 5.14. The first-order valence-corrected chi connectivity index (χ1v) is 7.82. The van der Waals surface area contributed by atoms with Crippen LogP contribution in [-0.2, 0) is 0 Å². The van der Waals surface area contributed by atoms with E-state index in [0.29, 0.717) is 6.54 Å². The van der Waals surface area contributed by atoms with Crippen molar-refractivity contribution >= 4 is 6.03 Å². The van der Waals surface area contributed by atoms with Crippen LogP contribution in [-0.4, -0.2) is 50.1 Å². The molecule has 0 aliphatic carbocycles. The van der Waals surface area contributed by atoms with Crippen LogP contribution in [0, 0.1) is 0 Å². The van der Waals surface area contributed by atoms with E-state index in [0.717, 1.165) is 24.3 Å². The number of urea groups is 1. The molecule has 0 aliphatic heterocycles. The standard InChI is InChI=1S/C18H25N3O2/c1-20(2)12-8-13-21(3)18(22)19-17(16-11-7-14-23-16)15-9-5-4-6-10-15/h4-7,9-11,14,17H,8,12-13H2,1-3H3,(H,19,22). The smallest absolute Gasteiger partial charge is 0.317 e. The summed E-state index contributed by atoms with van der Waals surface area (Å²) in [6, 6.07) is 13.2. The summed E-state index contributed by atoms with van der Waals surface area (Å²) in [5.74, 6) is 0.728. The lowest BCUT2D eigenvalue weighted by molar-refractivity contribution is 0.202. The number of carbonyl (C=O) groups is 1. The van der Waals surface area contributed by atoms with Crippen LogP contribution in [0.25, 0.3) is 0 Å². The average Bonchev–Trinajstić information content (AvgIpc) is 3.06. The van der Waals surface area contributed by atoms with Crippen LogP contribution in [0.4, 0.5) is 4.79 Å². The number of nitrogens with zero attached hydrogens (tertiary/aromatic N) is 2. The van der Waals surface area contributed by atoms with Gasteiger partial charge in [-0.25, -0.2) is 4.79 Å². The highest BCUT2D eigenvalue weighted by atomic mass is 16.3. The molecule has 0 aliphatic rings. The molecule has 1 atom stereocenters. The molecule has 1 unspecified atom stereocenters. The minimum atomic E-state index is -0.282. The van der Waals surface area contributed by atoms with Gasteiger partial charge in [0, 0.05) is 13.6 Å². The number of benzene rings is 1. The van der Waals surface area contributed by atoms with Crippen LogP contribution < -0.4 is 5.32 Å². The first-order chi connectivity index (χ1) is 11.1. The van der Waals surface area contributed by atoms with Crippen LogP contribution in [0.1, 0.15) is 23.8 Å². The van der Waals surface area contributed by atoms with Crippen molar-refractivity contribution < 1.29 is 9.21 Å². The van der Waals surface area contributed by atoms with Gasteiger partial charge in [-0.15, -0.1) is 0 Å². The number of furan rings is 1. The maximum absolute atomic E-state index is 12.5. The van der Waals surface area contributed by atoms with Crippen molar-refractivity contribution in [2.75, 3.05) is 34.2 Å². The topological polar surface area (TPSA) is 48.7 Å². The monoisotopic (exact) mass is 315 g/mol. The van der Waals surface area contributed by atoms with E-state index in [1.807, 2.05) is 63.6 Å². The Balaban J connectivity index is 2.02. The van der Waals surface area contributed by atoms with Gasteiger partial charge in [0.05, 0.1) is 6.26 Å². The maximum atomic E-state index is 12.5. The second-order valence-electron chi connectivity index (χ2n) is 5.89. The minimum Gasteiger partial charge on any atom is -0.467 e.